The van der Waals surface area contributed by atoms with E-state index in [1.807, 2.05) is 24.3 Å². The first-order chi connectivity index (χ1) is 12.4. The van der Waals surface area contributed by atoms with E-state index in [1.54, 1.807) is 12.1 Å². The highest BCUT2D eigenvalue weighted by Gasteiger charge is 2.39. The lowest BCUT2D eigenvalue weighted by Crippen LogP contribution is -2.31. The molecule has 138 valence electrons. The molecule has 1 unspecified atom stereocenters. The average molecular weight is 360 g/mol. The fourth-order valence-corrected chi connectivity index (χ4v) is 2.88. The van der Waals surface area contributed by atoms with Crippen LogP contribution in [0.1, 0.15) is 20.3 Å². The first-order valence-corrected chi connectivity index (χ1v) is 8.27. The molecule has 0 spiro atoms. The number of carbonyl (C=O) groups is 2. The van der Waals surface area contributed by atoms with Crippen LogP contribution in [0.3, 0.4) is 0 Å². The Balaban J connectivity index is 1.74. The van der Waals surface area contributed by atoms with E-state index >= 15 is 0 Å². The standard InChI is InChI=1S/C19H20O7/c1-11(20)23-10-18-17(24-12(2)21)9-19(26-18)25-16-8-14-6-4-3-5-13(14)7-15(16)22/h3-8,17-19,22H,9-10H2,1-2H3/t17-,18?,19-/m1/s1. The molecule has 1 fully saturated rings. The highest BCUT2D eigenvalue weighted by atomic mass is 16.7. The number of phenolic OH excluding ortho intramolecular Hbond substituents is 1. The topological polar surface area (TPSA) is 91.3 Å². The van der Waals surface area contributed by atoms with Gasteiger partial charge in [0, 0.05) is 20.3 Å². The molecule has 0 aliphatic carbocycles. The van der Waals surface area contributed by atoms with Crippen molar-refractivity contribution in [3.8, 4) is 11.5 Å². The van der Waals surface area contributed by atoms with Crippen LogP contribution in [0.2, 0.25) is 0 Å². The van der Waals surface area contributed by atoms with Crippen molar-refractivity contribution in [1.29, 1.82) is 0 Å². The molecule has 0 radical (unpaired) electrons. The second-order valence-electron chi connectivity index (χ2n) is 6.08. The summed E-state index contributed by atoms with van der Waals surface area (Å²) in [5, 5.41) is 12.0. The fraction of sp³-hybridized carbons (Fsp3) is 0.368. The summed E-state index contributed by atoms with van der Waals surface area (Å²) < 4.78 is 21.7. The lowest BCUT2D eigenvalue weighted by Gasteiger charge is -2.17. The van der Waals surface area contributed by atoms with Gasteiger partial charge in [0.25, 0.3) is 0 Å². The van der Waals surface area contributed by atoms with E-state index in [2.05, 4.69) is 0 Å². The zero-order valence-corrected chi connectivity index (χ0v) is 14.5. The maximum atomic E-state index is 11.3. The molecule has 2 aromatic rings. The van der Waals surface area contributed by atoms with Gasteiger partial charge < -0.3 is 24.1 Å². The van der Waals surface area contributed by atoms with E-state index in [0.717, 1.165) is 10.8 Å². The van der Waals surface area contributed by atoms with Crippen molar-refractivity contribution >= 4 is 22.7 Å². The zero-order valence-electron chi connectivity index (χ0n) is 14.5. The molecule has 1 heterocycles. The maximum Gasteiger partial charge on any atom is 0.303 e. The van der Waals surface area contributed by atoms with Gasteiger partial charge in [-0.05, 0) is 22.9 Å². The van der Waals surface area contributed by atoms with Crippen LogP contribution < -0.4 is 4.74 Å². The number of carbonyl (C=O) groups excluding carboxylic acids is 2. The van der Waals surface area contributed by atoms with Gasteiger partial charge in [-0.25, -0.2) is 0 Å². The Morgan fingerprint density at radius 2 is 1.85 bits per heavy atom. The summed E-state index contributed by atoms with van der Waals surface area (Å²) in [4.78, 5) is 22.3. The lowest BCUT2D eigenvalue weighted by molar-refractivity contribution is -0.157. The number of rotatable bonds is 5. The van der Waals surface area contributed by atoms with Gasteiger partial charge in [-0.15, -0.1) is 0 Å². The predicted molar refractivity (Wildman–Crippen MR) is 91.7 cm³/mol. The molecular formula is C19H20O7. The van der Waals surface area contributed by atoms with Crippen molar-refractivity contribution in [2.45, 2.75) is 38.8 Å². The van der Waals surface area contributed by atoms with Gasteiger partial charge in [0.1, 0.15) is 18.8 Å². The number of aromatic hydroxyl groups is 1. The average Bonchev–Trinajstić information content (AvgIpc) is 2.94. The van der Waals surface area contributed by atoms with Gasteiger partial charge in [-0.1, -0.05) is 24.3 Å². The van der Waals surface area contributed by atoms with Crippen LogP contribution in [0.25, 0.3) is 10.8 Å². The third kappa shape index (κ3) is 4.23. The Hall–Kier alpha value is -2.80. The van der Waals surface area contributed by atoms with Gasteiger partial charge in [0.05, 0.1) is 0 Å². The highest BCUT2D eigenvalue weighted by molar-refractivity contribution is 5.85. The lowest BCUT2D eigenvalue weighted by atomic mass is 10.1. The van der Waals surface area contributed by atoms with Gasteiger partial charge in [0.2, 0.25) is 6.29 Å². The largest absolute Gasteiger partial charge is 0.504 e. The molecular weight excluding hydrogens is 340 g/mol. The predicted octanol–water partition coefficient (Wildman–Crippen LogP) is 2.53. The molecule has 0 amide bonds. The minimum absolute atomic E-state index is 0.0141. The number of hydrogen-bond acceptors (Lipinski definition) is 7. The molecule has 1 aliphatic heterocycles. The Labute approximate surface area is 150 Å². The second-order valence-corrected chi connectivity index (χ2v) is 6.08. The SMILES string of the molecule is CC(=O)OCC1O[C@@H](Oc2cc3ccccc3cc2O)C[C@H]1OC(C)=O. The van der Waals surface area contributed by atoms with E-state index in [4.69, 9.17) is 18.9 Å². The Morgan fingerprint density at radius 1 is 1.15 bits per heavy atom. The van der Waals surface area contributed by atoms with Crippen LogP contribution >= 0.6 is 0 Å². The van der Waals surface area contributed by atoms with Crippen LogP contribution in [-0.4, -0.2) is 42.1 Å². The van der Waals surface area contributed by atoms with E-state index in [9.17, 15) is 14.7 Å². The quantitative estimate of drug-likeness (QED) is 0.819. The molecule has 0 aromatic heterocycles. The van der Waals surface area contributed by atoms with Crippen LogP contribution in [-0.2, 0) is 23.8 Å². The van der Waals surface area contributed by atoms with Crippen molar-refractivity contribution in [2.24, 2.45) is 0 Å². The Kier molecular flexibility index (Phi) is 5.27. The van der Waals surface area contributed by atoms with Crippen molar-refractivity contribution in [2.75, 3.05) is 6.61 Å². The summed E-state index contributed by atoms with van der Waals surface area (Å²) in [5.74, 6) is -0.657. The van der Waals surface area contributed by atoms with Crippen molar-refractivity contribution in [3.05, 3.63) is 36.4 Å². The van der Waals surface area contributed by atoms with Crippen LogP contribution in [0.4, 0.5) is 0 Å². The van der Waals surface area contributed by atoms with E-state index < -0.39 is 30.4 Å². The van der Waals surface area contributed by atoms with Gasteiger partial charge in [-0.2, -0.15) is 0 Å². The van der Waals surface area contributed by atoms with Gasteiger partial charge >= 0.3 is 11.9 Å². The number of phenols is 1. The number of ether oxygens (including phenoxy) is 4. The Bertz CT molecular complexity index is 817. The molecule has 26 heavy (non-hydrogen) atoms. The molecule has 0 bridgehead atoms. The molecule has 2 aromatic carbocycles. The molecule has 7 heteroatoms. The first kappa shape index (κ1) is 18.0. The number of hydrogen-bond donors (Lipinski definition) is 1. The molecule has 1 N–H and O–H groups in total. The minimum Gasteiger partial charge on any atom is -0.504 e. The minimum atomic E-state index is -0.744. The number of fused-ring (bicyclic) bond motifs is 1. The van der Waals surface area contributed by atoms with Crippen molar-refractivity contribution in [3.63, 3.8) is 0 Å². The molecule has 1 aliphatic rings. The second kappa shape index (κ2) is 7.61. The zero-order chi connectivity index (χ0) is 18.7. The Morgan fingerprint density at radius 3 is 2.50 bits per heavy atom. The molecule has 3 atom stereocenters. The van der Waals surface area contributed by atoms with Crippen molar-refractivity contribution < 1.29 is 33.6 Å². The molecule has 3 rings (SSSR count). The van der Waals surface area contributed by atoms with Crippen LogP contribution in [0.5, 0.6) is 11.5 Å². The summed E-state index contributed by atoms with van der Waals surface area (Å²) in [5.41, 5.74) is 0. The molecule has 0 saturated carbocycles. The summed E-state index contributed by atoms with van der Waals surface area (Å²) in [6, 6.07) is 10.9. The number of esters is 2. The summed E-state index contributed by atoms with van der Waals surface area (Å²) >= 11 is 0. The maximum absolute atomic E-state index is 11.3. The molecule has 1 saturated heterocycles. The monoisotopic (exact) mass is 360 g/mol. The first-order valence-electron chi connectivity index (χ1n) is 8.27. The summed E-state index contributed by atoms with van der Waals surface area (Å²) in [6.45, 7) is 2.54. The highest BCUT2D eigenvalue weighted by Crippen LogP contribution is 2.34. The number of benzene rings is 2. The third-order valence-electron chi connectivity index (χ3n) is 4.02. The third-order valence-corrected chi connectivity index (χ3v) is 4.02. The van der Waals surface area contributed by atoms with Crippen molar-refractivity contribution in [1.82, 2.24) is 0 Å². The summed E-state index contributed by atoms with van der Waals surface area (Å²) in [6.07, 6.45) is -1.71. The smallest absolute Gasteiger partial charge is 0.303 e. The van der Waals surface area contributed by atoms with Crippen LogP contribution in [0.15, 0.2) is 36.4 Å². The van der Waals surface area contributed by atoms with E-state index in [1.165, 1.54) is 13.8 Å². The molecule has 7 nitrogen and oxygen atoms in total. The van der Waals surface area contributed by atoms with E-state index in [0.29, 0.717) is 0 Å². The summed E-state index contributed by atoms with van der Waals surface area (Å²) in [7, 11) is 0. The van der Waals surface area contributed by atoms with Crippen LogP contribution in [0, 0.1) is 0 Å². The normalized spacial score (nSPS) is 22.2. The fourth-order valence-electron chi connectivity index (χ4n) is 2.88. The van der Waals surface area contributed by atoms with Gasteiger partial charge in [-0.3, -0.25) is 9.59 Å². The van der Waals surface area contributed by atoms with E-state index in [-0.39, 0.29) is 24.5 Å². The van der Waals surface area contributed by atoms with Gasteiger partial charge in [0.15, 0.2) is 11.5 Å².